The summed E-state index contributed by atoms with van der Waals surface area (Å²) in [5, 5.41) is 12.1. The highest BCUT2D eigenvalue weighted by Gasteiger charge is 2.22. The molecule has 0 amide bonds. The zero-order chi connectivity index (χ0) is 11.3. The quantitative estimate of drug-likeness (QED) is 0.820. The molecule has 1 atom stereocenters. The summed E-state index contributed by atoms with van der Waals surface area (Å²) in [6, 6.07) is 8.57. The second-order valence-electron chi connectivity index (χ2n) is 3.78. The van der Waals surface area contributed by atoms with Gasteiger partial charge in [0.15, 0.2) is 0 Å². The summed E-state index contributed by atoms with van der Waals surface area (Å²) in [6.07, 6.45) is 0.509. The van der Waals surface area contributed by atoms with E-state index in [4.69, 9.17) is 5.26 Å². The molecule has 0 saturated heterocycles. The van der Waals surface area contributed by atoms with Gasteiger partial charge < -0.3 is 0 Å². The fourth-order valence-electron chi connectivity index (χ4n) is 1.59. The van der Waals surface area contributed by atoms with Crippen molar-refractivity contribution >= 4 is 0 Å². The number of rotatable bonds is 4. The SMILES string of the molecule is CCNC(C)(C#N)Cc1cccc(F)c1. The molecule has 2 nitrogen and oxygen atoms in total. The Kier molecular flexibility index (Phi) is 3.81. The van der Waals surface area contributed by atoms with Crippen molar-refractivity contribution in [1.29, 1.82) is 5.26 Å². The van der Waals surface area contributed by atoms with Gasteiger partial charge in [0.2, 0.25) is 0 Å². The lowest BCUT2D eigenvalue weighted by Gasteiger charge is -2.22. The van der Waals surface area contributed by atoms with Crippen LogP contribution in [-0.2, 0) is 6.42 Å². The van der Waals surface area contributed by atoms with Crippen LogP contribution in [0.25, 0.3) is 0 Å². The predicted molar refractivity (Wildman–Crippen MR) is 57.8 cm³/mol. The van der Waals surface area contributed by atoms with E-state index in [1.807, 2.05) is 19.9 Å². The van der Waals surface area contributed by atoms with Crippen LogP contribution in [-0.4, -0.2) is 12.1 Å². The molecule has 1 aromatic carbocycles. The van der Waals surface area contributed by atoms with Gasteiger partial charge in [0.25, 0.3) is 0 Å². The fourth-order valence-corrected chi connectivity index (χ4v) is 1.59. The number of benzene rings is 1. The second kappa shape index (κ2) is 4.90. The number of nitrogens with one attached hydrogen (secondary N) is 1. The van der Waals surface area contributed by atoms with Crippen molar-refractivity contribution in [3.63, 3.8) is 0 Å². The zero-order valence-corrected chi connectivity index (χ0v) is 9.05. The molecule has 1 unspecified atom stereocenters. The van der Waals surface area contributed by atoms with Crippen molar-refractivity contribution in [3.05, 3.63) is 35.6 Å². The summed E-state index contributed by atoms with van der Waals surface area (Å²) in [5.41, 5.74) is 0.211. The fraction of sp³-hybridized carbons (Fsp3) is 0.417. The Morgan fingerprint density at radius 3 is 2.80 bits per heavy atom. The number of likely N-dealkylation sites (N-methyl/N-ethyl adjacent to an activating group) is 1. The summed E-state index contributed by atoms with van der Waals surface area (Å²) in [5.74, 6) is -0.260. The molecular weight excluding hydrogens is 191 g/mol. The van der Waals surface area contributed by atoms with Crippen LogP contribution in [0.15, 0.2) is 24.3 Å². The van der Waals surface area contributed by atoms with Crippen molar-refractivity contribution in [3.8, 4) is 6.07 Å². The van der Waals surface area contributed by atoms with Crippen molar-refractivity contribution in [1.82, 2.24) is 5.32 Å². The van der Waals surface area contributed by atoms with Crippen LogP contribution in [0.4, 0.5) is 4.39 Å². The topological polar surface area (TPSA) is 35.8 Å². The van der Waals surface area contributed by atoms with Crippen LogP contribution in [0.3, 0.4) is 0 Å². The van der Waals surface area contributed by atoms with Gasteiger partial charge in [0.1, 0.15) is 11.4 Å². The van der Waals surface area contributed by atoms with Gasteiger partial charge in [-0.05, 0) is 31.2 Å². The molecule has 15 heavy (non-hydrogen) atoms. The lowest BCUT2D eigenvalue weighted by molar-refractivity contribution is 0.457. The Bertz CT molecular complexity index is 370. The monoisotopic (exact) mass is 206 g/mol. The molecule has 0 aliphatic carbocycles. The lowest BCUT2D eigenvalue weighted by atomic mass is 9.94. The summed E-state index contributed by atoms with van der Waals surface area (Å²) < 4.78 is 12.9. The van der Waals surface area contributed by atoms with Gasteiger partial charge in [-0.1, -0.05) is 19.1 Å². The molecule has 0 fully saturated rings. The molecule has 0 bridgehead atoms. The minimum atomic E-state index is -0.622. The van der Waals surface area contributed by atoms with E-state index < -0.39 is 5.54 Å². The van der Waals surface area contributed by atoms with Gasteiger partial charge in [-0.3, -0.25) is 5.32 Å². The maximum absolute atomic E-state index is 12.9. The van der Waals surface area contributed by atoms with Gasteiger partial charge in [0, 0.05) is 6.42 Å². The summed E-state index contributed by atoms with van der Waals surface area (Å²) in [4.78, 5) is 0. The number of nitriles is 1. The van der Waals surface area contributed by atoms with Crippen LogP contribution in [0.1, 0.15) is 19.4 Å². The Morgan fingerprint density at radius 2 is 2.27 bits per heavy atom. The van der Waals surface area contributed by atoms with Crippen molar-refractivity contribution < 1.29 is 4.39 Å². The van der Waals surface area contributed by atoms with E-state index in [-0.39, 0.29) is 5.82 Å². The van der Waals surface area contributed by atoms with Gasteiger partial charge in [-0.25, -0.2) is 4.39 Å². The van der Waals surface area contributed by atoms with Crippen molar-refractivity contribution in [2.75, 3.05) is 6.54 Å². The van der Waals surface area contributed by atoms with Crippen LogP contribution in [0.2, 0.25) is 0 Å². The minimum absolute atomic E-state index is 0.260. The normalized spacial score (nSPS) is 14.3. The minimum Gasteiger partial charge on any atom is -0.300 e. The molecule has 0 aromatic heterocycles. The van der Waals surface area contributed by atoms with E-state index in [2.05, 4.69) is 11.4 Å². The van der Waals surface area contributed by atoms with E-state index in [9.17, 15) is 4.39 Å². The second-order valence-corrected chi connectivity index (χ2v) is 3.78. The highest BCUT2D eigenvalue weighted by atomic mass is 19.1. The van der Waals surface area contributed by atoms with E-state index in [1.165, 1.54) is 12.1 Å². The molecule has 1 N–H and O–H groups in total. The average molecular weight is 206 g/mol. The van der Waals surface area contributed by atoms with E-state index in [1.54, 1.807) is 6.07 Å². The first-order chi connectivity index (χ1) is 7.09. The molecule has 1 rings (SSSR count). The molecule has 80 valence electrons. The molecule has 1 aromatic rings. The summed E-state index contributed by atoms with van der Waals surface area (Å²) >= 11 is 0. The van der Waals surface area contributed by atoms with E-state index in [0.29, 0.717) is 6.42 Å². The maximum atomic E-state index is 12.9. The van der Waals surface area contributed by atoms with Gasteiger partial charge in [-0.15, -0.1) is 0 Å². The molecule has 0 aliphatic heterocycles. The highest BCUT2D eigenvalue weighted by Crippen LogP contribution is 2.13. The molecule has 0 aliphatic rings. The Labute approximate surface area is 89.7 Å². The summed E-state index contributed by atoms with van der Waals surface area (Å²) in [6.45, 7) is 4.49. The van der Waals surface area contributed by atoms with Crippen molar-refractivity contribution in [2.24, 2.45) is 0 Å². The Morgan fingerprint density at radius 1 is 1.53 bits per heavy atom. The largest absolute Gasteiger partial charge is 0.300 e. The van der Waals surface area contributed by atoms with Crippen LogP contribution >= 0.6 is 0 Å². The smallest absolute Gasteiger partial charge is 0.123 e. The average Bonchev–Trinajstić information content (AvgIpc) is 2.18. The van der Waals surface area contributed by atoms with Crippen molar-refractivity contribution in [2.45, 2.75) is 25.8 Å². The predicted octanol–water partition coefficient (Wildman–Crippen LogP) is 2.26. The third-order valence-electron chi connectivity index (χ3n) is 2.26. The number of nitrogens with zero attached hydrogens (tertiary/aromatic N) is 1. The van der Waals surface area contributed by atoms with E-state index in [0.717, 1.165) is 12.1 Å². The first-order valence-electron chi connectivity index (χ1n) is 5.00. The first-order valence-corrected chi connectivity index (χ1v) is 5.00. The number of halogens is 1. The zero-order valence-electron chi connectivity index (χ0n) is 9.05. The van der Waals surface area contributed by atoms with Gasteiger partial charge in [0.05, 0.1) is 6.07 Å². The van der Waals surface area contributed by atoms with E-state index >= 15 is 0 Å². The third kappa shape index (κ3) is 3.34. The number of hydrogen-bond donors (Lipinski definition) is 1. The summed E-state index contributed by atoms with van der Waals surface area (Å²) in [7, 11) is 0. The molecule has 3 heteroatoms. The third-order valence-corrected chi connectivity index (χ3v) is 2.26. The first kappa shape index (κ1) is 11.7. The molecule has 0 spiro atoms. The molecule has 0 saturated carbocycles. The maximum Gasteiger partial charge on any atom is 0.123 e. The Hall–Kier alpha value is -1.40. The standard InChI is InChI=1S/C12H15FN2/c1-3-15-12(2,9-14)8-10-5-4-6-11(13)7-10/h4-7,15H,3,8H2,1-2H3. The Balaban J connectivity index is 2.80. The van der Waals surface area contributed by atoms with Crippen LogP contribution < -0.4 is 5.32 Å². The molecular formula is C12H15FN2. The highest BCUT2D eigenvalue weighted by molar-refractivity contribution is 5.22. The van der Waals surface area contributed by atoms with Gasteiger partial charge in [-0.2, -0.15) is 5.26 Å². The van der Waals surface area contributed by atoms with Crippen LogP contribution in [0.5, 0.6) is 0 Å². The molecule has 0 heterocycles. The lowest BCUT2D eigenvalue weighted by Crippen LogP contribution is -2.42. The molecule has 0 radical (unpaired) electrons. The van der Waals surface area contributed by atoms with Gasteiger partial charge >= 0.3 is 0 Å². The van der Waals surface area contributed by atoms with Crippen LogP contribution in [0, 0.1) is 17.1 Å². The number of hydrogen-bond acceptors (Lipinski definition) is 2.